The van der Waals surface area contributed by atoms with E-state index in [9.17, 15) is 0 Å². The minimum Gasteiger partial charge on any atom is -0.380 e. The summed E-state index contributed by atoms with van der Waals surface area (Å²) in [5.74, 6) is 0.767. The van der Waals surface area contributed by atoms with Crippen molar-refractivity contribution in [1.29, 1.82) is 0 Å². The molecule has 0 bridgehead atoms. The van der Waals surface area contributed by atoms with E-state index in [0.717, 1.165) is 10.4 Å². The number of anilines is 1. The molecule has 3 rings (SSSR count). The zero-order valence-electron chi connectivity index (χ0n) is 11.4. The fourth-order valence-corrected chi connectivity index (χ4v) is 3.82. The molecule has 1 aliphatic carbocycles. The van der Waals surface area contributed by atoms with Gasteiger partial charge in [0.2, 0.25) is 0 Å². The molecule has 0 spiro atoms. The first-order valence-electron chi connectivity index (χ1n) is 6.86. The Morgan fingerprint density at radius 1 is 1.35 bits per heavy atom. The van der Waals surface area contributed by atoms with Gasteiger partial charge in [0.1, 0.15) is 0 Å². The van der Waals surface area contributed by atoms with E-state index in [1.807, 2.05) is 11.3 Å². The Bertz CT molecular complexity index is 566. The van der Waals surface area contributed by atoms with Gasteiger partial charge in [0.05, 0.1) is 12.6 Å². The summed E-state index contributed by atoms with van der Waals surface area (Å²) in [6.07, 6.45) is 2.65. The maximum atomic E-state index is 5.33. The number of hydrogen-bond donors (Lipinski definition) is 1. The molecule has 1 unspecified atom stereocenters. The number of nitrogens with one attached hydrogen (secondary N) is 1. The van der Waals surface area contributed by atoms with Crippen LogP contribution in [-0.2, 0) is 11.3 Å². The third kappa shape index (κ3) is 3.08. The van der Waals surface area contributed by atoms with Crippen LogP contribution in [-0.4, -0.2) is 7.11 Å². The van der Waals surface area contributed by atoms with Gasteiger partial charge in [-0.05, 0) is 42.3 Å². The molecule has 1 atom stereocenters. The van der Waals surface area contributed by atoms with Crippen LogP contribution in [0.1, 0.15) is 29.3 Å². The van der Waals surface area contributed by atoms with Crippen LogP contribution >= 0.6 is 27.3 Å². The molecule has 1 fully saturated rings. The van der Waals surface area contributed by atoms with Crippen LogP contribution in [0.15, 0.2) is 40.2 Å². The lowest BCUT2D eigenvalue weighted by molar-refractivity contribution is 0.185. The van der Waals surface area contributed by atoms with Crippen LogP contribution < -0.4 is 5.32 Å². The van der Waals surface area contributed by atoms with Gasteiger partial charge in [-0.25, -0.2) is 0 Å². The zero-order valence-corrected chi connectivity index (χ0v) is 13.8. The third-order valence-electron chi connectivity index (χ3n) is 3.66. The maximum Gasteiger partial charge on any atom is 0.0744 e. The van der Waals surface area contributed by atoms with Crippen molar-refractivity contribution in [3.05, 3.63) is 50.6 Å². The third-order valence-corrected chi connectivity index (χ3v) is 5.36. The van der Waals surface area contributed by atoms with Gasteiger partial charge in [-0.3, -0.25) is 0 Å². The monoisotopic (exact) mass is 351 g/mol. The van der Waals surface area contributed by atoms with E-state index in [4.69, 9.17) is 4.74 Å². The fraction of sp³-hybridized carbons (Fsp3) is 0.375. The average molecular weight is 352 g/mol. The van der Waals surface area contributed by atoms with E-state index in [1.165, 1.54) is 29.0 Å². The summed E-state index contributed by atoms with van der Waals surface area (Å²) in [4.78, 5) is 1.43. The van der Waals surface area contributed by atoms with Gasteiger partial charge < -0.3 is 10.1 Å². The molecule has 1 aromatic heterocycles. The summed E-state index contributed by atoms with van der Waals surface area (Å²) < 4.78 is 6.43. The Labute approximate surface area is 132 Å². The highest BCUT2D eigenvalue weighted by molar-refractivity contribution is 9.10. The molecule has 1 N–H and O–H groups in total. The van der Waals surface area contributed by atoms with Crippen molar-refractivity contribution in [3.63, 3.8) is 0 Å². The minimum atomic E-state index is 0.430. The van der Waals surface area contributed by atoms with Crippen molar-refractivity contribution < 1.29 is 4.74 Å². The van der Waals surface area contributed by atoms with Gasteiger partial charge in [-0.15, -0.1) is 11.3 Å². The summed E-state index contributed by atoms with van der Waals surface area (Å²) in [6, 6.07) is 11.1. The predicted octanol–water partition coefficient (Wildman–Crippen LogP) is 5.22. The average Bonchev–Trinajstić information content (AvgIpc) is 3.14. The van der Waals surface area contributed by atoms with Gasteiger partial charge in [-0.2, -0.15) is 0 Å². The Morgan fingerprint density at radius 2 is 2.20 bits per heavy atom. The second-order valence-electron chi connectivity index (χ2n) is 5.17. The largest absolute Gasteiger partial charge is 0.380 e. The fourth-order valence-electron chi connectivity index (χ4n) is 2.47. The molecule has 1 aliphatic rings. The van der Waals surface area contributed by atoms with Crippen LogP contribution in [0.3, 0.4) is 0 Å². The molecule has 0 amide bonds. The summed E-state index contributed by atoms with van der Waals surface area (Å²) in [5.41, 5.74) is 2.36. The van der Waals surface area contributed by atoms with Gasteiger partial charge in [0.15, 0.2) is 0 Å². The Kier molecular flexibility index (Phi) is 4.44. The number of rotatable bonds is 6. The lowest BCUT2D eigenvalue weighted by Crippen LogP contribution is -2.13. The summed E-state index contributed by atoms with van der Waals surface area (Å²) >= 11 is 5.46. The van der Waals surface area contributed by atoms with Crippen LogP contribution in [0.2, 0.25) is 0 Å². The zero-order chi connectivity index (χ0) is 13.9. The van der Waals surface area contributed by atoms with Gasteiger partial charge in [-0.1, -0.05) is 28.1 Å². The number of benzene rings is 1. The second-order valence-corrected chi connectivity index (χ2v) is 7.01. The molecule has 1 saturated carbocycles. The number of hydrogen-bond acceptors (Lipinski definition) is 3. The van der Waals surface area contributed by atoms with Crippen LogP contribution in [0.25, 0.3) is 0 Å². The highest BCUT2D eigenvalue weighted by Gasteiger charge is 2.33. The molecule has 2 aromatic rings. The Hall–Kier alpha value is -0.840. The first kappa shape index (κ1) is 14.1. The summed E-state index contributed by atoms with van der Waals surface area (Å²) in [7, 11) is 1.74. The Balaban J connectivity index is 1.87. The van der Waals surface area contributed by atoms with Crippen molar-refractivity contribution in [2.45, 2.75) is 25.5 Å². The number of thiophene rings is 1. The molecule has 1 heterocycles. The highest BCUT2D eigenvalue weighted by atomic mass is 79.9. The quantitative estimate of drug-likeness (QED) is 0.770. The van der Waals surface area contributed by atoms with E-state index >= 15 is 0 Å². The summed E-state index contributed by atoms with van der Waals surface area (Å²) in [5, 5.41) is 5.89. The van der Waals surface area contributed by atoms with Crippen LogP contribution in [0, 0.1) is 5.92 Å². The summed E-state index contributed by atoms with van der Waals surface area (Å²) in [6.45, 7) is 0.617. The molecule has 106 valence electrons. The first-order chi connectivity index (χ1) is 9.79. The van der Waals surface area contributed by atoms with Crippen LogP contribution in [0.4, 0.5) is 5.69 Å². The molecular formula is C16H18BrNOS. The van der Waals surface area contributed by atoms with Crippen molar-refractivity contribution in [1.82, 2.24) is 0 Å². The normalized spacial score (nSPS) is 16.1. The lowest BCUT2D eigenvalue weighted by Gasteiger charge is -2.21. The van der Waals surface area contributed by atoms with Crippen molar-refractivity contribution in [3.8, 4) is 0 Å². The molecule has 0 saturated heterocycles. The van der Waals surface area contributed by atoms with Crippen molar-refractivity contribution >= 4 is 33.0 Å². The first-order valence-corrected chi connectivity index (χ1v) is 8.53. The van der Waals surface area contributed by atoms with E-state index < -0.39 is 0 Å². The van der Waals surface area contributed by atoms with Gasteiger partial charge in [0.25, 0.3) is 0 Å². The number of ether oxygens (including phenoxy) is 1. The molecule has 1 aromatic carbocycles. The SMILES string of the molecule is COCc1c(Br)cccc1NC(c1cccs1)C1CC1. The molecular weight excluding hydrogens is 334 g/mol. The standard InChI is InChI=1S/C16H18BrNOS/c1-19-10-12-13(17)4-2-5-14(12)18-16(11-7-8-11)15-6-3-9-20-15/h2-6,9,11,16,18H,7-8,10H2,1H3. The lowest BCUT2D eigenvalue weighted by atomic mass is 10.1. The second kappa shape index (κ2) is 6.29. The highest BCUT2D eigenvalue weighted by Crippen LogP contribution is 2.44. The number of halogens is 1. The van der Waals surface area contributed by atoms with E-state index in [2.05, 4.69) is 57.0 Å². The van der Waals surface area contributed by atoms with E-state index in [1.54, 1.807) is 7.11 Å². The molecule has 0 radical (unpaired) electrons. The van der Waals surface area contributed by atoms with Crippen molar-refractivity contribution in [2.75, 3.05) is 12.4 Å². The topological polar surface area (TPSA) is 21.3 Å². The molecule has 4 heteroatoms. The molecule has 20 heavy (non-hydrogen) atoms. The van der Waals surface area contributed by atoms with Crippen LogP contribution in [0.5, 0.6) is 0 Å². The van der Waals surface area contributed by atoms with Crippen molar-refractivity contribution in [2.24, 2.45) is 5.92 Å². The van der Waals surface area contributed by atoms with E-state index in [-0.39, 0.29) is 0 Å². The minimum absolute atomic E-state index is 0.430. The number of methoxy groups -OCH3 is 1. The van der Waals surface area contributed by atoms with E-state index in [0.29, 0.717) is 12.6 Å². The van der Waals surface area contributed by atoms with Gasteiger partial charge in [0, 0.05) is 27.7 Å². The molecule has 2 nitrogen and oxygen atoms in total. The maximum absolute atomic E-state index is 5.33. The smallest absolute Gasteiger partial charge is 0.0744 e. The molecule has 0 aliphatic heterocycles. The van der Waals surface area contributed by atoms with Gasteiger partial charge >= 0.3 is 0 Å². The Morgan fingerprint density at radius 3 is 2.85 bits per heavy atom. The predicted molar refractivity (Wildman–Crippen MR) is 88.3 cm³/mol.